The molecule has 2 heterocycles. The van der Waals surface area contributed by atoms with Crippen LogP contribution in [0.2, 0.25) is 0 Å². The van der Waals surface area contributed by atoms with Gasteiger partial charge in [-0.25, -0.2) is 4.98 Å². The van der Waals surface area contributed by atoms with Gasteiger partial charge in [-0.2, -0.15) is 0 Å². The van der Waals surface area contributed by atoms with Crippen LogP contribution in [0, 0.1) is 0 Å². The zero-order valence-corrected chi connectivity index (χ0v) is 12.1. The minimum absolute atomic E-state index is 0.272. The molecule has 3 aromatic rings. The molecule has 0 unspecified atom stereocenters. The number of anilines is 2. The molecule has 0 atom stereocenters. The van der Waals surface area contributed by atoms with Crippen LogP contribution in [0.25, 0.3) is 10.9 Å². The minimum atomic E-state index is -0.272. The molecule has 21 heavy (non-hydrogen) atoms. The summed E-state index contributed by atoms with van der Waals surface area (Å²) in [6.07, 6.45) is 1.51. The highest BCUT2D eigenvalue weighted by molar-refractivity contribution is 7.10. The molecule has 0 saturated carbocycles. The Kier molecular flexibility index (Phi) is 3.74. The van der Waals surface area contributed by atoms with Gasteiger partial charge in [0, 0.05) is 29.2 Å². The highest BCUT2D eigenvalue weighted by Crippen LogP contribution is 2.23. The Labute approximate surface area is 125 Å². The molecule has 0 bridgehead atoms. The summed E-state index contributed by atoms with van der Waals surface area (Å²) in [6, 6.07) is 9.49. The van der Waals surface area contributed by atoms with Crippen molar-refractivity contribution in [1.29, 1.82) is 0 Å². The highest BCUT2D eigenvalue weighted by Gasteiger charge is 2.12. The second kappa shape index (κ2) is 5.84. The maximum atomic E-state index is 12.3. The van der Waals surface area contributed by atoms with Gasteiger partial charge in [0.2, 0.25) is 0 Å². The third kappa shape index (κ3) is 2.82. The van der Waals surface area contributed by atoms with Crippen LogP contribution in [-0.4, -0.2) is 27.0 Å². The highest BCUT2D eigenvalue weighted by atomic mass is 32.1. The van der Waals surface area contributed by atoms with Gasteiger partial charge < -0.3 is 10.6 Å². The fourth-order valence-corrected chi connectivity index (χ4v) is 2.44. The van der Waals surface area contributed by atoms with E-state index >= 15 is 0 Å². The van der Waals surface area contributed by atoms with Gasteiger partial charge in [-0.3, -0.25) is 4.79 Å². The molecule has 0 fully saturated rings. The fourth-order valence-electron chi connectivity index (χ4n) is 2.03. The molecule has 0 aliphatic rings. The number of rotatable bonds is 4. The summed E-state index contributed by atoms with van der Waals surface area (Å²) in [6.45, 7) is 2.78. The number of para-hydroxylation sites is 1. The number of benzene rings is 1. The standard InChI is InChI=1S/C14H13N5OS/c1-2-15-11-7-12(14(20)18-13-8-16-19-21-13)17-10-6-4-3-5-9(10)11/h3-8H,2H2,1H3,(H,15,17)(H,18,20). The summed E-state index contributed by atoms with van der Waals surface area (Å²) in [5.74, 6) is -0.272. The molecule has 1 aromatic carbocycles. The lowest BCUT2D eigenvalue weighted by Crippen LogP contribution is -2.13. The number of carbonyl (C=O) groups excluding carboxylic acids is 1. The van der Waals surface area contributed by atoms with Gasteiger partial charge >= 0.3 is 0 Å². The van der Waals surface area contributed by atoms with E-state index in [4.69, 9.17) is 0 Å². The maximum Gasteiger partial charge on any atom is 0.275 e. The average molecular weight is 299 g/mol. The third-order valence-corrected chi connectivity index (χ3v) is 3.49. The zero-order valence-electron chi connectivity index (χ0n) is 11.3. The van der Waals surface area contributed by atoms with E-state index in [1.54, 1.807) is 6.07 Å². The Hall–Kier alpha value is -2.54. The quantitative estimate of drug-likeness (QED) is 0.774. The second-order valence-electron chi connectivity index (χ2n) is 4.34. The molecule has 0 radical (unpaired) electrons. The topological polar surface area (TPSA) is 79.8 Å². The lowest BCUT2D eigenvalue weighted by atomic mass is 10.1. The van der Waals surface area contributed by atoms with E-state index in [0.717, 1.165) is 34.7 Å². The minimum Gasteiger partial charge on any atom is -0.385 e. The van der Waals surface area contributed by atoms with E-state index in [-0.39, 0.29) is 5.91 Å². The van der Waals surface area contributed by atoms with Crippen molar-refractivity contribution >= 4 is 39.0 Å². The van der Waals surface area contributed by atoms with Crippen LogP contribution in [0.5, 0.6) is 0 Å². The van der Waals surface area contributed by atoms with Crippen molar-refractivity contribution in [3.63, 3.8) is 0 Å². The van der Waals surface area contributed by atoms with Crippen LogP contribution in [0.4, 0.5) is 10.7 Å². The molecule has 2 aromatic heterocycles. The first-order chi connectivity index (χ1) is 10.3. The fraction of sp³-hybridized carbons (Fsp3) is 0.143. The van der Waals surface area contributed by atoms with E-state index in [9.17, 15) is 4.79 Å². The maximum absolute atomic E-state index is 12.3. The summed E-state index contributed by atoms with van der Waals surface area (Å²) < 4.78 is 3.71. The number of nitrogens with one attached hydrogen (secondary N) is 2. The Bertz CT molecular complexity index is 772. The first-order valence-corrected chi connectivity index (χ1v) is 7.27. The number of carbonyl (C=O) groups is 1. The van der Waals surface area contributed by atoms with Gasteiger partial charge in [0.1, 0.15) is 10.7 Å². The Morgan fingerprint density at radius 1 is 1.33 bits per heavy atom. The molecule has 6 nitrogen and oxygen atoms in total. The molecule has 2 N–H and O–H groups in total. The average Bonchev–Trinajstić information content (AvgIpc) is 3.00. The van der Waals surface area contributed by atoms with Crippen LogP contribution >= 0.6 is 11.5 Å². The molecule has 0 saturated heterocycles. The smallest absolute Gasteiger partial charge is 0.275 e. The van der Waals surface area contributed by atoms with Crippen LogP contribution < -0.4 is 10.6 Å². The summed E-state index contributed by atoms with van der Waals surface area (Å²) in [7, 11) is 0. The largest absolute Gasteiger partial charge is 0.385 e. The molecule has 1 amide bonds. The van der Waals surface area contributed by atoms with E-state index in [1.165, 1.54) is 6.20 Å². The molecule has 0 spiro atoms. The van der Waals surface area contributed by atoms with Crippen molar-refractivity contribution in [2.24, 2.45) is 0 Å². The number of hydrogen-bond acceptors (Lipinski definition) is 6. The Morgan fingerprint density at radius 3 is 2.95 bits per heavy atom. The van der Waals surface area contributed by atoms with E-state index in [0.29, 0.717) is 10.7 Å². The van der Waals surface area contributed by atoms with E-state index in [1.807, 2.05) is 31.2 Å². The van der Waals surface area contributed by atoms with Crippen molar-refractivity contribution in [2.75, 3.05) is 17.2 Å². The van der Waals surface area contributed by atoms with Crippen LogP contribution in [0.15, 0.2) is 36.5 Å². The zero-order chi connectivity index (χ0) is 14.7. The molecule has 7 heteroatoms. The van der Waals surface area contributed by atoms with Crippen molar-refractivity contribution in [2.45, 2.75) is 6.92 Å². The number of aromatic nitrogens is 3. The summed E-state index contributed by atoms with van der Waals surface area (Å²) in [5, 5.41) is 11.3. The van der Waals surface area contributed by atoms with E-state index in [2.05, 4.69) is 25.2 Å². The van der Waals surface area contributed by atoms with Crippen molar-refractivity contribution < 1.29 is 4.79 Å². The molecule has 0 aliphatic heterocycles. The monoisotopic (exact) mass is 299 g/mol. The van der Waals surface area contributed by atoms with Crippen molar-refractivity contribution in [1.82, 2.24) is 14.6 Å². The number of amides is 1. The molecular weight excluding hydrogens is 286 g/mol. The molecule has 106 valence electrons. The lowest BCUT2D eigenvalue weighted by molar-refractivity contribution is 0.102. The van der Waals surface area contributed by atoms with Gasteiger partial charge in [-0.05, 0) is 19.1 Å². The summed E-state index contributed by atoms with van der Waals surface area (Å²) >= 11 is 1.13. The number of hydrogen-bond donors (Lipinski definition) is 2. The van der Waals surface area contributed by atoms with Crippen molar-refractivity contribution in [3.05, 3.63) is 42.2 Å². The van der Waals surface area contributed by atoms with Crippen LogP contribution in [0.1, 0.15) is 17.4 Å². The number of nitrogens with zero attached hydrogens (tertiary/aromatic N) is 3. The van der Waals surface area contributed by atoms with Crippen molar-refractivity contribution in [3.8, 4) is 0 Å². The third-order valence-electron chi connectivity index (χ3n) is 2.91. The van der Waals surface area contributed by atoms with Gasteiger partial charge in [0.15, 0.2) is 0 Å². The predicted octanol–water partition coefficient (Wildman–Crippen LogP) is 2.77. The molecular formula is C14H13N5OS. The van der Waals surface area contributed by atoms with Gasteiger partial charge in [0.05, 0.1) is 11.7 Å². The van der Waals surface area contributed by atoms with Crippen LogP contribution in [0.3, 0.4) is 0 Å². The SMILES string of the molecule is CCNc1cc(C(=O)Nc2cnns2)nc2ccccc12. The summed E-state index contributed by atoms with van der Waals surface area (Å²) in [5.41, 5.74) is 2.04. The normalized spacial score (nSPS) is 10.5. The first-order valence-electron chi connectivity index (χ1n) is 6.50. The lowest BCUT2D eigenvalue weighted by Gasteiger charge is -2.10. The van der Waals surface area contributed by atoms with Gasteiger partial charge in [-0.1, -0.05) is 22.7 Å². The number of pyridine rings is 1. The molecule has 0 aliphatic carbocycles. The van der Waals surface area contributed by atoms with Gasteiger partial charge in [-0.15, -0.1) is 5.10 Å². The molecule has 3 rings (SSSR count). The van der Waals surface area contributed by atoms with Gasteiger partial charge in [0.25, 0.3) is 5.91 Å². The summed E-state index contributed by atoms with van der Waals surface area (Å²) in [4.78, 5) is 16.7. The Morgan fingerprint density at radius 2 is 2.19 bits per heavy atom. The van der Waals surface area contributed by atoms with Crippen LogP contribution in [-0.2, 0) is 0 Å². The number of fused-ring (bicyclic) bond motifs is 1. The first kappa shape index (κ1) is 13.4. The second-order valence-corrected chi connectivity index (χ2v) is 5.12. The predicted molar refractivity (Wildman–Crippen MR) is 83.8 cm³/mol. The van der Waals surface area contributed by atoms with E-state index < -0.39 is 0 Å². The Balaban J connectivity index is 2.00.